The minimum absolute atomic E-state index is 0.123. The molecule has 1 fully saturated rings. The zero-order valence-corrected chi connectivity index (χ0v) is 22.1. The van der Waals surface area contributed by atoms with Crippen molar-refractivity contribution in [1.29, 1.82) is 5.26 Å². The smallest absolute Gasteiger partial charge is 0.253 e. The first-order valence-corrected chi connectivity index (χ1v) is 13.1. The Morgan fingerprint density at radius 3 is 2.74 bits per heavy atom. The lowest BCUT2D eigenvalue weighted by molar-refractivity contribution is 0.0934. The number of carbonyl (C=O) groups excluding carboxylic acids is 1. The SMILES string of the molecule is CNC(=S)N(Cc1ccsc1)C1CCN([C@H](C)CCNC(=O)c2c(C)cc(C#N)nc2C)CC1. The van der Waals surface area contributed by atoms with Crippen LogP contribution < -0.4 is 10.6 Å². The van der Waals surface area contributed by atoms with Crippen molar-refractivity contribution in [2.24, 2.45) is 0 Å². The summed E-state index contributed by atoms with van der Waals surface area (Å²) in [5.41, 5.74) is 3.59. The molecule has 0 bridgehead atoms. The van der Waals surface area contributed by atoms with Crippen molar-refractivity contribution in [3.8, 4) is 6.07 Å². The Morgan fingerprint density at radius 2 is 2.15 bits per heavy atom. The highest BCUT2D eigenvalue weighted by Crippen LogP contribution is 2.22. The number of thiophene rings is 1. The number of hydrogen-bond acceptors (Lipinski definition) is 6. The summed E-state index contributed by atoms with van der Waals surface area (Å²) < 4.78 is 0. The predicted molar refractivity (Wildman–Crippen MR) is 141 cm³/mol. The molecule has 0 saturated carbocycles. The third-order valence-corrected chi connectivity index (χ3v) is 7.73. The summed E-state index contributed by atoms with van der Waals surface area (Å²) in [6.07, 6.45) is 3.02. The molecule has 2 N–H and O–H groups in total. The third kappa shape index (κ3) is 6.53. The summed E-state index contributed by atoms with van der Waals surface area (Å²) >= 11 is 7.33. The summed E-state index contributed by atoms with van der Waals surface area (Å²) in [7, 11) is 1.89. The van der Waals surface area contributed by atoms with E-state index < -0.39 is 0 Å². The molecule has 9 heteroatoms. The van der Waals surface area contributed by atoms with E-state index in [0.29, 0.717) is 35.6 Å². The van der Waals surface area contributed by atoms with E-state index in [4.69, 9.17) is 17.5 Å². The number of nitrogens with one attached hydrogen (secondary N) is 2. The van der Waals surface area contributed by atoms with E-state index in [0.717, 1.165) is 49.6 Å². The highest BCUT2D eigenvalue weighted by Gasteiger charge is 2.28. The maximum absolute atomic E-state index is 12.7. The molecule has 0 unspecified atom stereocenters. The summed E-state index contributed by atoms with van der Waals surface area (Å²) in [6, 6.07) is 6.67. The Bertz CT molecular complexity index is 1000. The average Bonchev–Trinajstić information content (AvgIpc) is 3.35. The molecule has 2 aromatic heterocycles. The zero-order chi connectivity index (χ0) is 24.7. The van der Waals surface area contributed by atoms with Crippen LogP contribution in [0, 0.1) is 25.2 Å². The van der Waals surface area contributed by atoms with Crippen molar-refractivity contribution < 1.29 is 4.79 Å². The summed E-state index contributed by atoms with van der Waals surface area (Å²) in [6.45, 7) is 9.34. The van der Waals surface area contributed by atoms with Gasteiger partial charge in [-0.1, -0.05) is 0 Å². The number of piperidine rings is 1. The molecule has 0 spiro atoms. The van der Waals surface area contributed by atoms with Gasteiger partial charge in [0.2, 0.25) is 0 Å². The van der Waals surface area contributed by atoms with Gasteiger partial charge in [-0.25, -0.2) is 4.98 Å². The molecule has 0 aliphatic carbocycles. The molecule has 3 heterocycles. The second-order valence-electron chi connectivity index (χ2n) is 8.87. The number of nitrogens with zero attached hydrogens (tertiary/aromatic N) is 4. The lowest BCUT2D eigenvalue weighted by Gasteiger charge is -2.41. The van der Waals surface area contributed by atoms with Crippen LogP contribution in [-0.2, 0) is 6.54 Å². The van der Waals surface area contributed by atoms with Gasteiger partial charge in [0, 0.05) is 45.3 Å². The summed E-state index contributed by atoms with van der Waals surface area (Å²) in [5.74, 6) is -0.123. The van der Waals surface area contributed by atoms with Gasteiger partial charge in [-0.2, -0.15) is 16.6 Å². The molecule has 3 rings (SSSR count). The minimum atomic E-state index is -0.123. The Hall–Kier alpha value is -2.54. The first-order valence-electron chi connectivity index (χ1n) is 11.7. The van der Waals surface area contributed by atoms with Gasteiger partial charge in [-0.05, 0) is 86.3 Å². The standard InChI is InChI=1S/C25H34N6OS2/c1-17-13-21(14-26)29-19(3)23(17)24(32)28-9-5-18(2)30-10-6-22(7-11-30)31(25(33)27-4)15-20-8-12-34-16-20/h8,12-13,16,18,22H,5-7,9-11,15H2,1-4H3,(H,27,33)(H,28,32)/t18-/m1/s1. The predicted octanol–water partition coefficient (Wildman–Crippen LogP) is 3.61. The number of hydrogen-bond donors (Lipinski definition) is 2. The van der Waals surface area contributed by atoms with E-state index in [1.54, 1.807) is 24.3 Å². The number of likely N-dealkylation sites (tertiary alicyclic amines) is 1. The van der Waals surface area contributed by atoms with Crippen LogP contribution in [0.4, 0.5) is 0 Å². The van der Waals surface area contributed by atoms with E-state index in [2.05, 4.69) is 49.2 Å². The fourth-order valence-electron chi connectivity index (χ4n) is 4.63. The summed E-state index contributed by atoms with van der Waals surface area (Å²) in [4.78, 5) is 21.8. The van der Waals surface area contributed by atoms with Crippen LogP contribution in [-0.4, -0.2) is 64.6 Å². The first-order chi connectivity index (χ1) is 16.3. The van der Waals surface area contributed by atoms with Gasteiger partial charge in [0.1, 0.15) is 11.8 Å². The Balaban J connectivity index is 1.48. The second kappa shape index (κ2) is 12.2. The lowest BCUT2D eigenvalue weighted by atomic mass is 10.0. The van der Waals surface area contributed by atoms with Crippen molar-refractivity contribution in [3.05, 3.63) is 51.0 Å². The maximum Gasteiger partial charge on any atom is 0.253 e. The van der Waals surface area contributed by atoms with Gasteiger partial charge in [-0.15, -0.1) is 0 Å². The Kier molecular flexibility index (Phi) is 9.39. The number of thiocarbonyl (C=S) groups is 1. The van der Waals surface area contributed by atoms with Crippen LogP contribution in [0.2, 0.25) is 0 Å². The second-order valence-corrected chi connectivity index (χ2v) is 10.0. The topological polar surface area (TPSA) is 84.3 Å². The van der Waals surface area contributed by atoms with E-state index in [1.807, 2.05) is 20.0 Å². The van der Waals surface area contributed by atoms with Gasteiger partial charge in [0.15, 0.2) is 5.11 Å². The van der Waals surface area contributed by atoms with Crippen LogP contribution in [0.25, 0.3) is 0 Å². The van der Waals surface area contributed by atoms with E-state index in [9.17, 15) is 4.79 Å². The number of amides is 1. The molecule has 2 aromatic rings. The highest BCUT2D eigenvalue weighted by atomic mass is 32.1. The molecule has 34 heavy (non-hydrogen) atoms. The molecule has 1 saturated heterocycles. The summed E-state index contributed by atoms with van der Waals surface area (Å²) in [5, 5.41) is 20.4. The molecular formula is C25H34N6OS2. The molecule has 7 nitrogen and oxygen atoms in total. The van der Waals surface area contributed by atoms with Crippen LogP contribution >= 0.6 is 23.6 Å². The molecule has 1 atom stereocenters. The quantitative estimate of drug-likeness (QED) is 0.538. The van der Waals surface area contributed by atoms with Crippen molar-refractivity contribution in [3.63, 3.8) is 0 Å². The Labute approximate surface area is 212 Å². The van der Waals surface area contributed by atoms with E-state index >= 15 is 0 Å². The van der Waals surface area contributed by atoms with Crippen LogP contribution in [0.15, 0.2) is 22.9 Å². The molecular weight excluding hydrogens is 464 g/mol. The average molecular weight is 499 g/mol. The molecule has 0 aromatic carbocycles. The largest absolute Gasteiger partial charge is 0.366 e. The van der Waals surface area contributed by atoms with E-state index in [1.165, 1.54) is 5.56 Å². The van der Waals surface area contributed by atoms with Gasteiger partial charge >= 0.3 is 0 Å². The van der Waals surface area contributed by atoms with Gasteiger partial charge in [-0.3, -0.25) is 4.79 Å². The third-order valence-electron chi connectivity index (χ3n) is 6.56. The van der Waals surface area contributed by atoms with Crippen LogP contribution in [0.5, 0.6) is 0 Å². The van der Waals surface area contributed by atoms with Crippen molar-refractivity contribution in [2.45, 2.75) is 58.7 Å². The molecule has 1 aliphatic heterocycles. The number of aromatic nitrogens is 1. The van der Waals surface area contributed by atoms with Crippen molar-refractivity contribution in [2.75, 3.05) is 26.7 Å². The maximum atomic E-state index is 12.7. The number of pyridine rings is 1. The molecule has 182 valence electrons. The van der Waals surface area contributed by atoms with Crippen LogP contribution in [0.3, 0.4) is 0 Å². The zero-order valence-electron chi connectivity index (χ0n) is 20.4. The van der Waals surface area contributed by atoms with Crippen LogP contribution in [0.1, 0.15) is 59.1 Å². The lowest BCUT2D eigenvalue weighted by Crippen LogP contribution is -2.51. The number of nitriles is 1. The normalized spacial score (nSPS) is 15.4. The highest BCUT2D eigenvalue weighted by molar-refractivity contribution is 7.80. The molecule has 1 aliphatic rings. The fourth-order valence-corrected chi connectivity index (χ4v) is 5.50. The van der Waals surface area contributed by atoms with Crippen molar-refractivity contribution >= 4 is 34.6 Å². The molecule has 0 radical (unpaired) electrons. The number of aryl methyl sites for hydroxylation is 2. The number of carbonyl (C=O) groups is 1. The van der Waals surface area contributed by atoms with E-state index in [-0.39, 0.29) is 5.91 Å². The minimum Gasteiger partial charge on any atom is -0.366 e. The fraction of sp³-hybridized carbons (Fsp3) is 0.520. The Morgan fingerprint density at radius 1 is 1.41 bits per heavy atom. The first kappa shape index (κ1) is 26.1. The van der Waals surface area contributed by atoms with Crippen molar-refractivity contribution in [1.82, 2.24) is 25.4 Å². The monoisotopic (exact) mass is 498 g/mol. The molecule has 1 amide bonds. The van der Waals surface area contributed by atoms with Gasteiger partial charge in [0.25, 0.3) is 5.91 Å². The van der Waals surface area contributed by atoms with Gasteiger partial charge < -0.3 is 20.4 Å². The number of rotatable bonds is 8. The van der Waals surface area contributed by atoms with Gasteiger partial charge in [0.05, 0.1) is 11.3 Å².